The normalized spacial score (nSPS) is 9.50. The first-order chi connectivity index (χ1) is 3.66. The monoisotopic (exact) mass is 151 g/mol. The molecule has 0 aromatic carbocycles. The van der Waals surface area contributed by atoms with Gasteiger partial charge >= 0.3 is 0 Å². The van der Waals surface area contributed by atoms with Gasteiger partial charge in [0.25, 0.3) is 0 Å². The van der Waals surface area contributed by atoms with Crippen molar-refractivity contribution in [3.63, 3.8) is 0 Å². The van der Waals surface area contributed by atoms with Gasteiger partial charge in [-0.15, -0.1) is 0 Å². The fourth-order valence-electron chi connectivity index (χ4n) is 0.252. The molecule has 0 atom stereocenters. The van der Waals surface area contributed by atoms with Gasteiger partial charge in [-0.3, -0.25) is 5.73 Å². The SMILES string of the molecule is CC(C)SC(N)=S=O. The smallest absolute Gasteiger partial charge is 0.141 e. The fourth-order valence-corrected chi connectivity index (χ4v) is 1.45. The maximum Gasteiger partial charge on any atom is 0.141 e. The van der Waals surface area contributed by atoms with Crippen molar-refractivity contribution in [2.24, 2.45) is 5.73 Å². The molecule has 0 spiro atoms. The summed E-state index contributed by atoms with van der Waals surface area (Å²) in [6.45, 7) is 3.99. The summed E-state index contributed by atoms with van der Waals surface area (Å²) in [6.07, 6.45) is 0. The van der Waals surface area contributed by atoms with E-state index in [0.717, 1.165) is 0 Å². The molecule has 0 saturated carbocycles. The Balaban J connectivity index is 3.56. The van der Waals surface area contributed by atoms with Crippen LogP contribution in [0.4, 0.5) is 0 Å². The molecule has 0 rings (SSSR count). The zero-order valence-corrected chi connectivity index (χ0v) is 6.51. The highest BCUT2D eigenvalue weighted by molar-refractivity contribution is 8.21. The largest absolute Gasteiger partial charge is 0.286 e. The Kier molecular flexibility index (Phi) is 4.22. The third-order valence-corrected chi connectivity index (χ3v) is 1.79. The van der Waals surface area contributed by atoms with Crippen LogP contribution >= 0.6 is 11.8 Å². The van der Waals surface area contributed by atoms with Crippen molar-refractivity contribution in [1.29, 1.82) is 0 Å². The van der Waals surface area contributed by atoms with Gasteiger partial charge in [-0.2, -0.15) is 0 Å². The Bertz CT molecular complexity index is 117. The van der Waals surface area contributed by atoms with E-state index in [0.29, 0.717) is 20.8 Å². The zero-order chi connectivity index (χ0) is 6.57. The van der Waals surface area contributed by atoms with Gasteiger partial charge in [0.15, 0.2) is 0 Å². The molecule has 48 valence electrons. The van der Waals surface area contributed by atoms with Gasteiger partial charge < -0.3 is 0 Å². The van der Waals surface area contributed by atoms with Crippen LogP contribution in [0, 0.1) is 0 Å². The first-order valence-corrected chi connectivity index (χ1v) is 3.88. The van der Waals surface area contributed by atoms with E-state index in [1.807, 2.05) is 13.8 Å². The van der Waals surface area contributed by atoms with Gasteiger partial charge in [-0.25, -0.2) is 4.21 Å². The molecule has 0 radical (unpaired) electrons. The van der Waals surface area contributed by atoms with Crippen LogP contribution in [0.3, 0.4) is 0 Å². The predicted octanol–water partition coefficient (Wildman–Crippen LogP) is 0.387. The highest BCUT2D eigenvalue weighted by atomic mass is 32.2. The Labute approximate surface area is 56.9 Å². The Hall–Kier alpha value is 0.200. The summed E-state index contributed by atoms with van der Waals surface area (Å²) in [5.41, 5.74) is 5.20. The van der Waals surface area contributed by atoms with Gasteiger partial charge in [0.2, 0.25) is 0 Å². The lowest BCUT2D eigenvalue weighted by Gasteiger charge is -1.97. The molecule has 0 bridgehead atoms. The average Bonchev–Trinajstić information content (AvgIpc) is 1.65. The van der Waals surface area contributed by atoms with Gasteiger partial charge in [0.1, 0.15) is 15.6 Å². The van der Waals surface area contributed by atoms with E-state index in [4.69, 9.17) is 5.73 Å². The molecule has 0 heterocycles. The van der Waals surface area contributed by atoms with E-state index in [1.54, 1.807) is 0 Å². The van der Waals surface area contributed by atoms with E-state index in [2.05, 4.69) is 0 Å². The van der Waals surface area contributed by atoms with Crippen LogP contribution in [0.5, 0.6) is 0 Å². The summed E-state index contributed by atoms with van der Waals surface area (Å²) in [5, 5.41) is 0.413. The minimum absolute atomic E-state index is 0.361. The molecule has 4 heteroatoms. The molecular formula is C4H9NOS2. The molecule has 0 aliphatic heterocycles. The first kappa shape index (κ1) is 8.20. The highest BCUT2D eigenvalue weighted by Crippen LogP contribution is 2.05. The topological polar surface area (TPSA) is 43.1 Å². The summed E-state index contributed by atoms with van der Waals surface area (Å²) in [6, 6.07) is 0. The van der Waals surface area contributed by atoms with Gasteiger partial charge in [-0.05, 0) is 0 Å². The maximum absolute atomic E-state index is 9.90. The molecule has 2 nitrogen and oxygen atoms in total. The van der Waals surface area contributed by atoms with Crippen molar-refractivity contribution >= 4 is 27.3 Å². The molecule has 8 heavy (non-hydrogen) atoms. The third kappa shape index (κ3) is 4.36. The maximum atomic E-state index is 9.90. The summed E-state index contributed by atoms with van der Waals surface area (Å²) in [7, 11) is 0. The molecule has 0 aromatic heterocycles. The average molecular weight is 151 g/mol. The standard InChI is InChI=1S/C4H9NOS2/c1-3(2)7-4(5)8-6/h3H,5H2,1-2H3. The van der Waals surface area contributed by atoms with Gasteiger partial charge in [-0.1, -0.05) is 25.6 Å². The molecule has 0 saturated heterocycles. The third-order valence-electron chi connectivity index (χ3n) is 0.434. The second-order valence-corrected chi connectivity index (χ2v) is 4.05. The first-order valence-electron chi connectivity index (χ1n) is 2.25. The Morgan fingerprint density at radius 1 is 1.62 bits per heavy atom. The molecule has 0 fully saturated rings. The number of rotatable bonds is 1. The number of hydrogen-bond donors (Lipinski definition) is 1. The van der Waals surface area contributed by atoms with E-state index >= 15 is 0 Å². The lowest BCUT2D eigenvalue weighted by atomic mass is 10.6. The zero-order valence-electron chi connectivity index (χ0n) is 4.88. The summed E-state index contributed by atoms with van der Waals surface area (Å²) in [4.78, 5) is 0. The quantitative estimate of drug-likeness (QED) is 0.551. The lowest BCUT2D eigenvalue weighted by molar-refractivity contribution is 0.701. The molecule has 0 unspecified atom stereocenters. The molecule has 0 aromatic rings. The highest BCUT2D eigenvalue weighted by Gasteiger charge is 1.94. The van der Waals surface area contributed by atoms with E-state index in [1.165, 1.54) is 11.8 Å². The second kappa shape index (κ2) is 4.12. The Morgan fingerprint density at radius 3 is 2.25 bits per heavy atom. The van der Waals surface area contributed by atoms with E-state index < -0.39 is 0 Å². The van der Waals surface area contributed by atoms with Gasteiger partial charge in [0.05, 0.1) is 0 Å². The van der Waals surface area contributed by atoms with E-state index in [9.17, 15) is 4.21 Å². The summed E-state index contributed by atoms with van der Waals surface area (Å²) < 4.78 is 10.3. The second-order valence-electron chi connectivity index (χ2n) is 1.57. The number of nitrogens with two attached hydrogens (primary N) is 1. The van der Waals surface area contributed by atoms with Crippen molar-refractivity contribution < 1.29 is 4.21 Å². The van der Waals surface area contributed by atoms with Crippen molar-refractivity contribution in [3.8, 4) is 0 Å². The van der Waals surface area contributed by atoms with Crippen LogP contribution in [0.25, 0.3) is 0 Å². The fraction of sp³-hybridized carbons (Fsp3) is 0.750. The van der Waals surface area contributed by atoms with Crippen LogP contribution in [0.2, 0.25) is 0 Å². The van der Waals surface area contributed by atoms with Crippen LogP contribution in [-0.2, 0) is 11.3 Å². The summed E-state index contributed by atoms with van der Waals surface area (Å²) in [5.74, 6) is 0. The molecule has 2 N–H and O–H groups in total. The van der Waals surface area contributed by atoms with Gasteiger partial charge in [0, 0.05) is 5.25 Å². The molecular weight excluding hydrogens is 142 g/mol. The lowest BCUT2D eigenvalue weighted by Crippen LogP contribution is -2.08. The number of hydrogen-bond acceptors (Lipinski definition) is 2. The Morgan fingerprint density at radius 2 is 2.12 bits per heavy atom. The summed E-state index contributed by atoms with van der Waals surface area (Å²) >= 11 is 1.76. The van der Waals surface area contributed by atoms with E-state index in [-0.39, 0.29) is 0 Å². The van der Waals surface area contributed by atoms with Crippen molar-refractivity contribution in [3.05, 3.63) is 0 Å². The van der Waals surface area contributed by atoms with Crippen LogP contribution in [0.15, 0.2) is 0 Å². The molecule has 0 aliphatic carbocycles. The van der Waals surface area contributed by atoms with Crippen LogP contribution in [0.1, 0.15) is 13.8 Å². The number of thioether (sulfide) groups is 1. The molecule has 0 aliphatic rings. The minimum atomic E-state index is 0.361. The van der Waals surface area contributed by atoms with Crippen molar-refractivity contribution in [2.45, 2.75) is 19.1 Å². The minimum Gasteiger partial charge on any atom is -0.286 e. The van der Waals surface area contributed by atoms with Crippen LogP contribution in [-0.4, -0.2) is 13.8 Å². The predicted molar refractivity (Wildman–Crippen MR) is 40.1 cm³/mol. The molecule has 0 amide bonds. The van der Waals surface area contributed by atoms with Crippen LogP contribution < -0.4 is 5.73 Å². The van der Waals surface area contributed by atoms with Crippen molar-refractivity contribution in [1.82, 2.24) is 0 Å². The van der Waals surface area contributed by atoms with Crippen molar-refractivity contribution in [2.75, 3.05) is 0 Å².